The summed E-state index contributed by atoms with van der Waals surface area (Å²) >= 11 is 0. The molecular weight excluding hydrogens is 288 g/mol. The molecule has 0 aliphatic heterocycles. The molecule has 1 amide bonds. The van der Waals surface area contributed by atoms with Crippen molar-refractivity contribution in [1.29, 1.82) is 0 Å². The number of aromatic nitrogens is 1. The monoisotopic (exact) mass is 305 g/mol. The molecule has 0 aliphatic carbocycles. The Balaban J connectivity index is 2.20. The van der Waals surface area contributed by atoms with Crippen LogP contribution in [0.1, 0.15) is 21.6 Å². The average Bonchev–Trinajstić information content (AvgIpc) is 2.50. The van der Waals surface area contributed by atoms with E-state index in [0.717, 1.165) is 17.8 Å². The van der Waals surface area contributed by atoms with Crippen LogP contribution in [0.4, 0.5) is 14.6 Å². The Morgan fingerprint density at radius 3 is 2.59 bits per heavy atom. The molecule has 1 aromatic heterocycles. The van der Waals surface area contributed by atoms with Gasteiger partial charge in [-0.05, 0) is 36.8 Å². The summed E-state index contributed by atoms with van der Waals surface area (Å²) in [5.74, 6) is -1.59. The van der Waals surface area contributed by atoms with Crippen molar-refractivity contribution in [3.63, 3.8) is 0 Å². The minimum atomic E-state index is -0.925. The first-order valence-electron chi connectivity index (χ1n) is 6.77. The van der Waals surface area contributed by atoms with E-state index in [-0.39, 0.29) is 12.5 Å². The molecule has 0 atom stereocenters. The number of hydrogen-bond acceptors (Lipinski definition) is 3. The number of halogens is 2. The second-order valence-electron chi connectivity index (χ2n) is 5.01. The maximum atomic E-state index is 13.2. The van der Waals surface area contributed by atoms with Crippen molar-refractivity contribution >= 4 is 11.7 Å². The van der Waals surface area contributed by atoms with Gasteiger partial charge in [-0.25, -0.2) is 13.8 Å². The second kappa shape index (κ2) is 6.51. The van der Waals surface area contributed by atoms with Gasteiger partial charge in [0.2, 0.25) is 0 Å². The predicted molar refractivity (Wildman–Crippen MR) is 80.7 cm³/mol. The van der Waals surface area contributed by atoms with Crippen LogP contribution in [-0.2, 0) is 6.54 Å². The standard InChI is InChI=1S/C16H17F2N3O/c1-10-4-6-12(15(19-2)20-10)16(22)21(3)9-11-5-7-13(17)14(18)8-11/h4-8H,9H2,1-3H3,(H,19,20). The molecular formula is C16H17F2N3O. The molecule has 2 rings (SSSR count). The number of amides is 1. The van der Waals surface area contributed by atoms with Crippen molar-refractivity contribution in [2.45, 2.75) is 13.5 Å². The quantitative estimate of drug-likeness (QED) is 0.944. The van der Waals surface area contributed by atoms with Gasteiger partial charge in [0.05, 0.1) is 5.56 Å². The molecule has 2 aromatic rings. The first kappa shape index (κ1) is 15.9. The zero-order valence-electron chi connectivity index (χ0n) is 12.7. The zero-order chi connectivity index (χ0) is 16.3. The minimum Gasteiger partial charge on any atom is -0.372 e. The van der Waals surface area contributed by atoms with Gasteiger partial charge in [0, 0.05) is 26.3 Å². The molecule has 1 heterocycles. The van der Waals surface area contributed by atoms with Crippen molar-refractivity contribution in [2.75, 3.05) is 19.4 Å². The maximum Gasteiger partial charge on any atom is 0.257 e. The number of pyridine rings is 1. The van der Waals surface area contributed by atoms with E-state index < -0.39 is 11.6 Å². The molecule has 1 N–H and O–H groups in total. The van der Waals surface area contributed by atoms with Crippen LogP contribution in [0, 0.1) is 18.6 Å². The Morgan fingerprint density at radius 2 is 1.95 bits per heavy atom. The van der Waals surface area contributed by atoms with Gasteiger partial charge in [-0.1, -0.05) is 6.07 Å². The Morgan fingerprint density at radius 1 is 1.23 bits per heavy atom. The van der Waals surface area contributed by atoms with Crippen LogP contribution >= 0.6 is 0 Å². The van der Waals surface area contributed by atoms with Crippen LogP contribution < -0.4 is 5.32 Å². The van der Waals surface area contributed by atoms with Crippen molar-refractivity contribution in [3.8, 4) is 0 Å². The Labute approximate surface area is 127 Å². The summed E-state index contributed by atoms with van der Waals surface area (Å²) in [5, 5.41) is 2.88. The molecule has 0 radical (unpaired) electrons. The van der Waals surface area contributed by atoms with Crippen LogP contribution in [-0.4, -0.2) is 29.9 Å². The summed E-state index contributed by atoms with van der Waals surface area (Å²) in [5.41, 5.74) is 1.74. The Bertz CT molecular complexity index is 704. The SMILES string of the molecule is CNc1nc(C)ccc1C(=O)N(C)Cc1ccc(F)c(F)c1. The highest BCUT2D eigenvalue weighted by atomic mass is 19.2. The summed E-state index contributed by atoms with van der Waals surface area (Å²) in [6.45, 7) is 2.01. The Hall–Kier alpha value is -2.50. The van der Waals surface area contributed by atoms with Gasteiger partial charge >= 0.3 is 0 Å². The van der Waals surface area contributed by atoms with E-state index in [1.807, 2.05) is 6.92 Å². The van der Waals surface area contributed by atoms with Gasteiger partial charge in [-0.3, -0.25) is 4.79 Å². The summed E-state index contributed by atoms with van der Waals surface area (Å²) in [6.07, 6.45) is 0. The van der Waals surface area contributed by atoms with Crippen molar-refractivity contribution in [1.82, 2.24) is 9.88 Å². The first-order chi connectivity index (χ1) is 10.4. The molecule has 0 aliphatic rings. The van der Waals surface area contributed by atoms with Crippen molar-refractivity contribution < 1.29 is 13.6 Å². The molecule has 0 saturated heterocycles. The zero-order valence-corrected chi connectivity index (χ0v) is 12.7. The molecule has 0 unspecified atom stereocenters. The highest BCUT2D eigenvalue weighted by Crippen LogP contribution is 2.17. The smallest absolute Gasteiger partial charge is 0.257 e. The molecule has 4 nitrogen and oxygen atoms in total. The third-order valence-electron chi connectivity index (χ3n) is 3.25. The fourth-order valence-electron chi connectivity index (χ4n) is 2.11. The molecule has 116 valence electrons. The van der Waals surface area contributed by atoms with E-state index in [0.29, 0.717) is 16.9 Å². The molecule has 0 bridgehead atoms. The van der Waals surface area contributed by atoms with E-state index in [2.05, 4.69) is 10.3 Å². The lowest BCUT2D eigenvalue weighted by molar-refractivity contribution is 0.0785. The van der Waals surface area contributed by atoms with Gasteiger partial charge in [0.25, 0.3) is 5.91 Å². The van der Waals surface area contributed by atoms with E-state index in [4.69, 9.17) is 0 Å². The van der Waals surface area contributed by atoms with Gasteiger partial charge < -0.3 is 10.2 Å². The normalized spacial score (nSPS) is 10.4. The minimum absolute atomic E-state index is 0.174. The molecule has 0 saturated carbocycles. The van der Waals surface area contributed by atoms with Gasteiger partial charge in [-0.15, -0.1) is 0 Å². The number of aryl methyl sites for hydroxylation is 1. The van der Waals surface area contributed by atoms with Gasteiger partial charge in [-0.2, -0.15) is 0 Å². The molecule has 0 fully saturated rings. The van der Waals surface area contributed by atoms with E-state index >= 15 is 0 Å². The number of anilines is 1. The van der Waals surface area contributed by atoms with E-state index in [1.165, 1.54) is 11.0 Å². The highest BCUT2D eigenvalue weighted by Gasteiger charge is 2.17. The number of hydrogen-bond donors (Lipinski definition) is 1. The van der Waals surface area contributed by atoms with E-state index in [9.17, 15) is 13.6 Å². The maximum absolute atomic E-state index is 13.2. The van der Waals surface area contributed by atoms with Gasteiger partial charge in [0.1, 0.15) is 5.82 Å². The summed E-state index contributed by atoms with van der Waals surface area (Å²) in [7, 11) is 3.29. The van der Waals surface area contributed by atoms with Crippen LogP contribution in [0.2, 0.25) is 0 Å². The largest absolute Gasteiger partial charge is 0.372 e. The van der Waals surface area contributed by atoms with Crippen LogP contribution in [0.25, 0.3) is 0 Å². The van der Waals surface area contributed by atoms with Crippen LogP contribution in [0.5, 0.6) is 0 Å². The number of benzene rings is 1. The average molecular weight is 305 g/mol. The topological polar surface area (TPSA) is 45.2 Å². The van der Waals surface area contributed by atoms with Crippen molar-refractivity contribution in [2.24, 2.45) is 0 Å². The number of carbonyl (C=O) groups excluding carboxylic acids is 1. The number of rotatable bonds is 4. The molecule has 6 heteroatoms. The van der Waals surface area contributed by atoms with E-state index in [1.54, 1.807) is 26.2 Å². The third-order valence-corrected chi connectivity index (χ3v) is 3.25. The van der Waals surface area contributed by atoms with Crippen LogP contribution in [0.3, 0.4) is 0 Å². The lowest BCUT2D eigenvalue weighted by Gasteiger charge is -2.19. The summed E-state index contributed by atoms with van der Waals surface area (Å²) < 4.78 is 26.1. The molecule has 0 spiro atoms. The molecule has 22 heavy (non-hydrogen) atoms. The van der Waals surface area contributed by atoms with Crippen LogP contribution in [0.15, 0.2) is 30.3 Å². The molecule has 1 aromatic carbocycles. The summed E-state index contributed by atoms with van der Waals surface area (Å²) in [6, 6.07) is 7.03. The second-order valence-corrected chi connectivity index (χ2v) is 5.01. The Kier molecular flexibility index (Phi) is 4.70. The van der Waals surface area contributed by atoms with Gasteiger partial charge in [0.15, 0.2) is 11.6 Å². The lowest BCUT2D eigenvalue weighted by atomic mass is 10.1. The lowest BCUT2D eigenvalue weighted by Crippen LogP contribution is -2.27. The first-order valence-corrected chi connectivity index (χ1v) is 6.77. The highest BCUT2D eigenvalue weighted by molar-refractivity contribution is 5.98. The predicted octanol–water partition coefficient (Wildman–Crippen LogP) is 2.98. The van der Waals surface area contributed by atoms with Crippen molar-refractivity contribution in [3.05, 3.63) is 58.8 Å². The summed E-state index contributed by atoms with van der Waals surface area (Å²) in [4.78, 5) is 18.2. The number of nitrogens with one attached hydrogen (secondary N) is 1. The fraction of sp³-hybridized carbons (Fsp3) is 0.250. The third kappa shape index (κ3) is 3.39. The number of nitrogens with zero attached hydrogens (tertiary/aromatic N) is 2. The number of carbonyl (C=O) groups is 1. The fourth-order valence-corrected chi connectivity index (χ4v) is 2.11.